The van der Waals surface area contributed by atoms with Crippen molar-refractivity contribution in [1.82, 2.24) is 9.55 Å². The Bertz CT molecular complexity index is 607. The number of pyridine rings is 2. The molecular weight excluding hydrogens is 198 g/mol. The Morgan fingerprint density at radius 1 is 1.19 bits per heavy atom. The summed E-state index contributed by atoms with van der Waals surface area (Å²) in [6.45, 7) is 1.99. The van der Waals surface area contributed by atoms with Crippen molar-refractivity contribution in [3.8, 4) is 5.82 Å². The van der Waals surface area contributed by atoms with E-state index in [1.165, 1.54) is 0 Å². The van der Waals surface area contributed by atoms with E-state index in [1.54, 1.807) is 0 Å². The van der Waals surface area contributed by atoms with Crippen molar-refractivity contribution in [3.05, 3.63) is 60.8 Å². The normalized spacial score (nSPS) is 10.8. The zero-order valence-electron chi connectivity index (χ0n) is 8.96. The molecule has 0 unspecified atom stereocenters. The molecule has 0 spiro atoms. The zero-order chi connectivity index (χ0) is 11.0. The highest BCUT2D eigenvalue weighted by Gasteiger charge is 2.02. The van der Waals surface area contributed by atoms with Crippen LogP contribution in [-0.4, -0.2) is 9.55 Å². The van der Waals surface area contributed by atoms with Gasteiger partial charge in [-0.2, -0.15) is 0 Å². The predicted octanol–water partition coefficient (Wildman–Crippen LogP) is 1.72. The minimum absolute atomic E-state index is 0.892. The van der Waals surface area contributed by atoms with Gasteiger partial charge in [-0.3, -0.25) is 14.0 Å². The number of rotatable bonds is 1. The standard InChI is InChI=1S/C13H11N3/c1-11-5-4-7-13(14-11)16-9-12-6-2-3-8-15(12)10-16/h2-9H,1H3. The van der Waals surface area contributed by atoms with Gasteiger partial charge in [-0.05, 0) is 19.1 Å². The molecule has 0 aromatic carbocycles. The van der Waals surface area contributed by atoms with Crippen molar-refractivity contribution in [3.63, 3.8) is 0 Å². The Labute approximate surface area is 93.6 Å². The van der Waals surface area contributed by atoms with E-state index in [9.17, 15) is 0 Å². The van der Waals surface area contributed by atoms with Crippen LogP contribution >= 0.6 is 0 Å². The van der Waals surface area contributed by atoms with Crippen molar-refractivity contribution in [2.75, 3.05) is 0 Å². The second kappa shape index (κ2) is 3.45. The monoisotopic (exact) mass is 209 g/mol. The molecule has 3 rings (SSSR count). The second-order valence-corrected chi connectivity index (χ2v) is 3.73. The van der Waals surface area contributed by atoms with Crippen LogP contribution < -0.4 is 4.40 Å². The SMILES string of the molecule is Cc1cccc(-n2[c-][n+]3ccccc3c2)n1. The summed E-state index contributed by atoms with van der Waals surface area (Å²) in [6, 6.07) is 12.0. The molecule has 0 amide bonds. The van der Waals surface area contributed by atoms with Gasteiger partial charge < -0.3 is 0 Å². The first-order valence-corrected chi connectivity index (χ1v) is 5.18. The van der Waals surface area contributed by atoms with E-state index in [4.69, 9.17) is 0 Å². The summed E-state index contributed by atoms with van der Waals surface area (Å²) < 4.78 is 3.85. The number of aromatic nitrogens is 3. The highest BCUT2D eigenvalue weighted by molar-refractivity contribution is 5.38. The van der Waals surface area contributed by atoms with Gasteiger partial charge in [-0.15, -0.1) is 0 Å². The van der Waals surface area contributed by atoms with Gasteiger partial charge in [-0.25, -0.2) is 0 Å². The lowest BCUT2D eigenvalue weighted by Gasteiger charge is -1.99. The fourth-order valence-corrected chi connectivity index (χ4v) is 1.71. The molecule has 3 nitrogen and oxygen atoms in total. The molecule has 3 aromatic rings. The molecule has 0 aliphatic heterocycles. The minimum Gasteiger partial charge on any atom is -0.299 e. The third kappa shape index (κ3) is 1.46. The van der Waals surface area contributed by atoms with E-state index >= 15 is 0 Å². The molecule has 0 saturated heterocycles. The lowest BCUT2D eigenvalue weighted by Crippen LogP contribution is -2.17. The van der Waals surface area contributed by atoms with Gasteiger partial charge in [0.1, 0.15) is 0 Å². The molecule has 3 aromatic heterocycles. The highest BCUT2D eigenvalue weighted by Crippen LogP contribution is 2.05. The van der Waals surface area contributed by atoms with Crippen molar-refractivity contribution in [1.29, 1.82) is 0 Å². The van der Waals surface area contributed by atoms with E-state index < -0.39 is 0 Å². The van der Waals surface area contributed by atoms with Gasteiger partial charge in [0.15, 0.2) is 5.82 Å². The lowest BCUT2D eigenvalue weighted by molar-refractivity contribution is -0.516. The van der Waals surface area contributed by atoms with Crippen LogP contribution in [0.25, 0.3) is 11.3 Å². The van der Waals surface area contributed by atoms with Crippen LogP contribution in [0, 0.1) is 13.3 Å². The van der Waals surface area contributed by atoms with Gasteiger partial charge >= 0.3 is 0 Å². The third-order valence-corrected chi connectivity index (χ3v) is 2.49. The summed E-state index contributed by atoms with van der Waals surface area (Å²) >= 11 is 0. The number of nitrogens with zero attached hydrogens (tertiary/aromatic N) is 3. The molecule has 0 saturated carbocycles. The fourth-order valence-electron chi connectivity index (χ4n) is 1.71. The van der Waals surface area contributed by atoms with Gasteiger partial charge in [0.2, 0.25) is 0 Å². The Morgan fingerprint density at radius 2 is 2.12 bits per heavy atom. The molecule has 0 fully saturated rings. The Kier molecular flexibility index (Phi) is 1.96. The third-order valence-electron chi connectivity index (χ3n) is 2.49. The van der Waals surface area contributed by atoms with Crippen molar-refractivity contribution >= 4 is 5.52 Å². The maximum Gasteiger partial charge on any atom is 0.270 e. The highest BCUT2D eigenvalue weighted by atomic mass is 15.1. The first-order valence-electron chi connectivity index (χ1n) is 5.18. The second-order valence-electron chi connectivity index (χ2n) is 3.73. The number of imidazole rings is 1. The predicted molar refractivity (Wildman–Crippen MR) is 60.3 cm³/mol. The summed E-state index contributed by atoms with van der Waals surface area (Å²) in [6.07, 6.45) is 7.20. The van der Waals surface area contributed by atoms with E-state index in [0.29, 0.717) is 0 Å². The Morgan fingerprint density at radius 3 is 2.94 bits per heavy atom. The molecule has 0 aliphatic carbocycles. The van der Waals surface area contributed by atoms with Crippen molar-refractivity contribution < 1.29 is 4.40 Å². The van der Waals surface area contributed by atoms with Gasteiger partial charge in [-0.1, -0.05) is 24.3 Å². The maximum absolute atomic E-state index is 4.46. The van der Waals surface area contributed by atoms with E-state index in [1.807, 2.05) is 64.7 Å². The molecule has 0 radical (unpaired) electrons. The van der Waals surface area contributed by atoms with Crippen LogP contribution in [0.15, 0.2) is 48.8 Å². The van der Waals surface area contributed by atoms with E-state index in [0.717, 1.165) is 17.0 Å². The summed E-state index contributed by atoms with van der Waals surface area (Å²) in [5, 5.41) is 0. The largest absolute Gasteiger partial charge is 0.299 e. The van der Waals surface area contributed by atoms with Crippen LogP contribution in [0.5, 0.6) is 0 Å². The average Bonchev–Trinajstić information content (AvgIpc) is 2.72. The molecule has 3 heteroatoms. The summed E-state index contributed by atoms with van der Waals surface area (Å²) in [7, 11) is 0. The molecule has 0 atom stereocenters. The lowest BCUT2D eigenvalue weighted by atomic mass is 10.4. The fraction of sp³-hybridized carbons (Fsp3) is 0.0769. The Balaban J connectivity index is 2.19. The van der Waals surface area contributed by atoms with Crippen LogP contribution in [0.4, 0.5) is 0 Å². The maximum atomic E-state index is 4.46. The van der Waals surface area contributed by atoms with Crippen LogP contribution in [-0.2, 0) is 0 Å². The zero-order valence-corrected chi connectivity index (χ0v) is 8.96. The van der Waals surface area contributed by atoms with E-state index in [-0.39, 0.29) is 0 Å². The molecule has 0 bridgehead atoms. The van der Waals surface area contributed by atoms with Gasteiger partial charge in [0.05, 0.1) is 5.52 Å². The van der Waals surface area contributed by atoms with Crippen molar-refractivity contribution in [2.24, 2.45) is 0 Å². The molecular formula is C13H11N3. The first kappa shape index (κ1) is 9.09. The Hall–Kier alpha value is -2.16. The first-order chi connectivity index (χ1) is 7.83. The molecule has 0 N–H and O–H groups in total. The van der Waals surface area contributed by atoms with Crippen LogP contribution in [0.3, 0.4) is 0 Å². The van der Waals surface area contributed by atoms with Crippen LogP contribution in [0.2, 0.25) is 0 Å². The minimum atomic E-state index is 0.892. The van der Waals surface area contributed by atoms with Crippen LogP contribution in [0.1, 0.15) is 5.69 Å². The van der Waals surface area contributed by atoms with Gasteiger partial charge in [0.25, 0.3) is 6.33 Å². The summed E-state index contributed by atoms with van der Waals surface area (Å²) in [4.78, 5) is 4.46. The van der Waals surface area contributed by atoms with E-state index in [2.05, 4.69) is 11.3 Å². The molecule has 16 heavy (non-hydrogen) atoms. The number of aryl methyl sites for hydroxylation is 1. The summed E-state index contributed by atoms with van der Waals surface area (Å²) in [5.41, 5.74) is 2.11. The molecule has 0 aliphatic rings. The van der Waals surface area contributed by atoms with Gasteiger partial charge in [0, 0.05) is 18.1 Å². The summed E-state index contributed by atoms with van der Waals surface area (Å²) in [5.74, 6) is 0.892. The quantitative estimate of drug-likeness (QED) is 0.442. The number of fused-ring (bicyclic) bond motifs is 1. The molecule has 3 heterocycles. The average molecular weight is 209 g/mol. The molecule has 78 valence electrons. The topological polar surface area (TPSA) is 21.9 Å². The van der Waals surface area contributed by atoms with Crippen molar-refractivity contribution in [2.45, 2.75) is 6.92 Å². The number of hydrogen-bond donors (Lipinski definition) is 0. The number of hydrogen-bond acceptors (Lipinski definition) is 1. The smallest absolute Gasteiger partial charge is 0.270 e.